The Kier molecular flexibility index (Phi) is 8.99. The van der Waals surface area contributed by atoms with Gasteiger partial charge >= 0.3 is 0 Å². The van der Waals surface area contributed by atoms with Crippen molar-refractivity contribution in [2.45, 2.75) is 6.42 Å². The summed E-state index contributed by atoms with van der Waals surface area (Å²) in [5, 5.41) is 6.39. The highest BCUT2D eigenvalue weighted by Gasteiger charge is 2.18. The highest BCUT2D eigenvalue weighted by Crippen LogP contribution is 2.35. The molecule has 1 aliphatic heterocycles. The second kappa shape index (κ2) is 13.0. The van der Waals surface area contributed by atoms with E-state index in [9.17, 15) is 18.0 Å². The van der Waals surface area contributed by atoms with E-state index in [4.69, 9.17) is 4.74 Å². The van der Waals surface area contributed by atoms with Crippen LogP contribution in [0.25, 0.3) is 22.0 Å². The van der Waals surface area contributed by atoms with E-state index in [0.29, 0.717) is 40.5 Å². The number of ether oxygens (including phenoxy) is 1. The number of halogens is 3. The first-order valence-corrected chi connectivity index (χ1v) is 13.6. The van der Waals surface area contributed by atoms with Crippen LogP contribution in [-0.4, -0.2) is 72.1 Å². The Morgan fingerprint density at radius 3 is 2.52 bits per heavy atom. The number of nitrogens with zero attached hydrogens (tertiary/aromatic N) is 4. The number of carbonyl (C=O) groups excluding carboxylic acids is 1. The third-order valence-electron chi connectivity index (χ3n) is 7.11. The molecule has 8 nitrogen and oxygen atoms in total. The molecule has 1 aliphatic rings. The number of nitrogens with one attached hydrogen (secondary N) is 2. The van der Waals surface area contributed by atoms with Crippen molar-refractivity contribution in [3.63, 3.8) is 0 Å². The van der Waals surface area contributed by atoms with E-state index in [-0.39, 0.29) is 5.56 Å². The first kappa shape index (κ1) is 29.0. The summed E-state index contributed by atoms with van der Waals surface area (Å²) in [6.07, 6.45) is 3.32. The van der Waals surface area contributed by atoms with Gasteiger partial charge in [-0.25, -0.2) is 23.1 Å². The maximum Gasteiger partial charge on any atom is 0.247 e. The zero-order chi connectivity index (χ0) is 29.6. The van der Waals surface area contributed by atoms with Crippen LogP contribution in [-0.2, 0) is 4.79 Å². The molecule has 0 saturated carbocycles. The summed E-state index contributed by atoms with van der Waals surface area (Å²) in [6.45, 7) is 8.99. The molecule has 0 unspecified atom stereocenters. The third-order valence-corrected chi connectivity index (χ3v) is 7.11. The van der Waals surface area contributed by atoms with Crippen molar-refractivity contribution < 1.29 is 22.7 Å². The van der Waals surface area contributed by atoms with E-state index >= 15 is 0 Å². The number of piperazine rings is 1. The van der Waals surface area contributed by atoms with Crippen LogP contribution >= 0.6 is 0 Å². The molecule has 42 heavy (non-hydrogen) atoms. The Morgan fingerprint density at radius 2 is 1.79 bits per heavy atom. The van der Waals surface area contributed by atoms with Crippen molar-refractivity contribution >= 4 is 34.0 Å². The minimum absolute atomic E-state index is 0.236. The standard InChI is InChI=1S/C31H31F3N6O2/c1-3-29(41)38-27-17-22-26(18-28(27)42-15-5-10-40-13-11-39(2)12-14-40)35-19-36-31(22)37-20-8-9-23(32)21(16-20)30-24(33)6-4-7-25(30)34/h3-4,6-9,16-19H,1,5,10-15H2,2H3,(H,38,41)(H,35,36,37). The first-order chi connectivity index (χ1) is 20.3. The van der Waals surface area contributed by atoms with Gasteiger partial charge in [0, 0.05) is 55.4 Å². The molecule has 1 fully saturated rings. The molecule has 4 aromatic rings. The molecule has 218 valence electrons. The Bertz CT molecular complexity index is 1590. The SMILES string of the molecule is C=CC(=O)Nc1cc2c(Nc3ccc(F)c(-c4c(F)cccc4F)c3)ncnc2cc1OCCCN1CCN(C)CC1. The molecule has 2 N–H and O–H groups in total. The van der Waals surface area contributed by atoms with Crippen molar-refractivity contribution in [2.75, 3.05) is 57.0 Å². The molecule has 0 atom stereocenters. The van der Waals surface area contributed by atoms with Gasteiger partial charge in [-0.15, -0.1) is 0 Å². The quantitative estimate of drug-likeness (QED) is 0.188. The van der Waals surface area contributed by atoms with Gasteiger partial charge in [0.25, 0.3) is 0 Å². The molecule has 1 saturated heterocycles. The second-order valence-corrected chi connectivity index (χ2v) is 10.0. The Morgan fingerprint density at radius 1 is 1.02 bits per heavy atom. The number of hydrogen-bond donors (Lipinski definition) is 2. The summed E-state index contributed by atoms with van der Waals surface area (Å²) in [5.41, 5.74) is 0.573. The van der Waals surface area contributed by atoms with E-state index in [2.05, 4.69) is 44.0 Å². The number of hydrogen-bond acceptors (Lipinski definition) is 7. The van der Waals surface area contributed by atoms with Gasteiger partial charge in [0.05, 0.1) is 23.4 Å². The molecular weight excluding hydrogens is 545 g/mol. The van der Waals surface area contributed by atoms with E-state index < -0.39 is 28.9 Å². The van der Waals surface area contributed by atoms with E-state index in [1.807, 2.05) is 0 Å². The largest absolute Gasteiger partial charge is 0.491 e. The molecule has 3 aromatic carbocycles. The van der Waals surface area contributed by atoms with Crippen molar-refractivity contribution in [1.82, 2.24) is 19.8 Å². The smallest absolute Gasteiger partial charge is 0.247 e. The fraction of sp³-hybridized carbons (Fsp3) is 0.258. The number of carbonyl (C=O) groups is 1. The number of likely N-dealkylation sites (N-methyl/N-ethyl adjacent to an activating group) is 1. The number of rotatable bonds is 10. The molecule has 0 spiro atoms. The van der Waals surface area contributed by atoms with Crippen LogP contribution < -0.4 is 15.4 Å². The topological polar surface area (TPSA) is 82.6 Å². The van der Waals surface area contributed by atoms with Gasteiger partial charge in [-0.1, -0.05) is 12.6 Å². The number of amides is 1. The summed E-state index contributed by atoms with van der Waals surface area (Å²) in [6, 6.07) is 10.6. The van der Waals surface area contributed by atoms with Crippen molar-refractivity contribution in [3.8, 4) is 16.9 Å². The minimum Gasteiger partial charge on any atom is -0.491 e. The predicted octanol–water partition coefficient (Wildman–Crippen LogP) is 5.60. The monoisotopic (exact) mass is 576 g/mol. The summed E-state index contributed by atoms with van der Waals surface area (Å²) in [4.78, 5) is 25.6. The number of aromatic nitrogens is 2. The normalized spacial score (nSPS) is 14.1. The van der Waals surface area contributed by atoms with E-state index in [1.165, 1.54) is 24.5 Å². The summed E-state index contributed by atoms with van der Waals surface area (Å²) in [5.74, 6) is -2.17. The second-order valence-electron chi connectivity index (χ2n) is 10.0. The van der Waals surface area contributed by atoms with Gasteiger partial charge in [0.1, 0.15) is 35.3 Å². The van der Waals surface area contributed by atoms with Crippen molar-refractivity contribution in [3.05, 3.63) is 85.0 Å². The number of fused-ring (bicyclic) bond motifs is 1. The predicted molar refractivity (Wildman–Crippen MR) is 157 cm³/mol. The van der Waals surface area contributed by atoms with Crippen LogP contribution in [0.2, 0.25) is 0 Å². The Balaban J connectivity index is 1.40. The maximum absolute atomic E-state index is 14.7. The molecule has 5 rings (SSSR count). The van der Waals surface area contributed by atoms with Gasteiger partial charge in [-0.05, 0) is 55.9 Å². The molecule has 2 heterocycles. The lowest BCUT2D eigenvalue weighted by atomic mass is 10.0. The maximum atomic E-state index is 14.7. The molecular formula is C31H31F3N6O2. The van der Waals surface area contributed by atoms with Crippen LogP contribution in [0, 0.1) is 17.5 Å². The number of benzene rings is 3. The average Bonchev–Trinajstić information content (AvgIpc) is 2.98. The molecule has 0 bridgehead atoms. The van der Waals surface area contributed by atoms with Crippen LogP contribution in [0.1, 0.15) is 6.42 Å². The average molecular weight is 577 g/mol. The highest BCUT2D eigenvalue weighted by atomic mass is 19.1. The van der Waals surface area contributed by atoms with Gasteiger partial charge in [0.15, 0.2) is 0 Å². The van der Waals surface area contributed by atoms with Gasteiger partial charge < -0.3 is 25.2 Å². The zero-order valence-corrected chi connectivity index (χ0v) is 23.2. The lowest BCUT2D eigenvalue weighted by molar-refractivity contribution is -0.111. The van der Waals surface area contributed by atoms with Gasteiger partial charge in [0.2, 0.25) is 5.91 Å². The number of anilines is 3. The zero-order valence-electron chi connectivity index (χ0n) is 23.2. The molecule has 0 aliphatic carbocycles. The minimum atomic E-state index is -0.878. The third kappa shape index (κ3) is 6.69. The fourth-order valence-corrected chi connectivity index (χ4v) is 4.81. The first-order valence-electron chi connectivity index (χ1n) is 13.6. The van der Waals surface area contributed by atoms with Gasteiger partial charge in [-0.2, -0.15) is 0 Å². The molecule has 0 radical (unpaired) electrons. The van der Waals surface area contributed by atoms with Crippen LogP contribution in [0.4, 0.5) is 30.4 Å². The summed E-state index contributed by atoms with van der Waals surface area (Å²) < 4.78 is 49.6. The Labute approximate surface area is 241 Å². The molecule has 1 amide bonds. The van der Waals surface area contributed by atoms with Crippen LogP contribution in [0.15, 0.2) is 67.5 Å². The van der Waals surface area contributed by atoms with E-state index in [1.54, 1.807) is 12.1 Å². The van der Waals surface area contributed by atoms with Crippen LogP contribution in [0.5, 0.6) is 5.75 Å². The van der Waals surface area contributed by atoms with E-state index in [0.717, 1.165) is 63.4 Å². The highest BCUT2D eigenvalue weighted by molar-refractivity contribution is 6.03. The fourth-order valence-electron chi connectivity index (χ4n) is 4.81. The summed E-state index contributed by atoms with van der Waals surface area (Å²) >= 11 is 0. The van der Waals surface area contributed by atoms with Gasteiger partial charge in [-0.3, -0.25) is 4.79 Å². The Hall–Kier alpha value is -4.48. The molecule has 11 heteroatoms. The lowest BCUT2D eigenvalue weighted by Crippen LogP contribution is -2.44. The lowest BCUT2D eigenvalue weighted by Gasteiger charge is -2.32. The van der Waals surface area contributed by atoms with Crippen LogP contribution in [0.3, 0.4) is 0 Å². The molecule has 1 aromatic heterocycles. The van der Waals surface area contributed by atoms with Crippen molar-refractivity contribution in [1.29, 1.82) is 0 Å². The summed E-state index contributed by atoms with van der Waals surface area (Å²) in [7, 11) is 2.12. The van der Waals surface area contributed by atoms with Crippen molar-refractivity contribution in [2.24, 2.45) is 0 Å².